The minimum absolute atomic E-state index is 0.0637. The molecule has 0 spiro atoms. The summed E-state index contributed by atoms with van der Waals surface area (Å²) in [5.74, 6) is -0.0637. The molecular weight excluding hydrogens is 235 g/mol. The van der Waals surface area contributed by atoms with Gasteiger partial charge in [-0.3, -0.25) is 0 Å². The molecule has 0 bridgehead atoms. The fourth-order valence-corrected chi connectivity index (χ4v) is 2.03. The zero-order chi connectivity index (χ0) is 14.4. The van der Waals surface area contributed by atoms with E-state index in [-0.39, 0.29) is 5.82 Å². The van der Waals surface area contributed by atoms with Crippen molar-refractivity contribution in [3.8, 4) is 0 Å². The molecule has 0 aromatic heterocycles. The highest BCUT2D eigenvalue weighted by molar-refractivity contribution is 5.59. The lowest BCUT2D eigenvalue weighted by Gasteiger charge is -2.12. The van der Waals surface area contributed by atoms with Crippen LogP contribution in [-0.2, 0) is 6.42 Å². The quantitative estimate of drug-likeness (QED) is 0.590. The van der Waals surface area contributed by atoms with Crippen LogP contribution in [0.4, 0.5) is 4.39 Å². The molecule has 0 saturated carbocycles. The highest BCUT2D eigenvalue weighted by Gasteiger charge is 2.11. The molecule has 0 aliphatic rings. The second-order valence-corrected chi connectivity index (χ2v) is 5.17. The molecule has 104 valence electrons. The molecule has 19 heavy (non-hydrogen) atoms. The van der Waals surface area contributed by atoms with Crippen LogP contribution >= 0.6 is 0 Å². The van der Waals surface area contributed by atoms with Gasteiger partial charge in [0, 0.05) is 5.56 Å². The van der Waals surface area contributed by atoms with Crippen molar-refractivity contribution < 1.29 is 4.39 Å². The molecule has 0 saturated heterocycles. The zero-order valence-corrected chi connectivity index (χ0v) is 12.8. The highest BCUT2D eigenvalue weighted by atomic mass is 19.1. The molecule has 0 atom stereocenters. The first-order valence-electron chi connectivity index (χ1n) is 7.10. The second-order valence-electron chi connectivity index (χ2n) is 5.17. The van der Waals surface area contributed by atoms with E-state index in [2.05, 4.69) is 13.0 Å². The summed E-state index contributed by atoms with van der Waals surface area (Å²) in [7, 11) is 0. The van der Waals surface area contributed by atoms with E-state index in [1.54, 1.807) is 0 Å². The van der Waals surface area contributed by atoms with E-state index in [1.807, 2.05) is 45.9 Å². The van der Waals surface area contributed by atoms with Crippen LogP contribution in [0.5, 0.6) is 0 Å². The van der Waals surface area contributed by atoms with Crippen LogP contribution in [0.2, 0.25) is 0 Å². The first-order valence-corrected chi connectivity index (χ1v) is 7.10. The number of rotatable bonds is 5. The van der Waals surface area contributed by atoms with Gasteiger partial charge in [-0.15, -0.1) is 0 Å². The standard InChI is InChI=1S/C18H25F/c1-6-8-9-16-12-14(4)15(5)18(19)17(16)11-10-13(3)7-2/h7,10-12H,6,8-9H2,1-5H3/b11-10+,13-7?. The van der Waals surface area contributed by atoms with Crippen LogP contribution in [0.3, 0.4) is 0 Å². The predicted molar refractivity (Wildman–Crippen MR) is 83.0 cm³/mol. The van der Waals surface area contributed by atoms with Gasteiger partial charge < -0.3 is 0 Å². The molecule has 1 aromatic rings. The normalized spacial score (nSPS) is 12.4. The molecule has 0 N–H and O–H groups in total. The monoisotopic (exact) mass is 260 g/mol. The smallest absolute Gasteiger partial charge is 0.133 e. The number of halogens is 1. The van der Waals surface area contributed by atoms with Crippen molar-refractivity contribution in [1.82, 2.24) is 0 Å². The fourth-order valence-electron chi connectivity index (χ4n) is 2.03. The van der Waals surface area contributed by atoms with Crippen molar-refractivity contribution in [3.05, 3.63) is 51.9 Å². The Balaban J connectivity index is 3.25. The van der Waals surface area contributed by atoms with Gasteiger partial charge >= 0.3 is 0 Å². The molecule has 0 unspecified atom stereocenters. The zero-order valence-electron chi connectivity index (χ0n) is 12.8. The third kappa shape index (κ3) is 4.05. The van der Waals surface area contributed by atoms with Gasteiger partial charge in [-0.25, -0.2) is 4.39 Å². The highest BCUT2D eigenvalue weighted by Crippen LogP contribution is 2.24. The Morgan fingerprint density at radius 2 is 2.00 bits per heavy atom. The number of hydrogen-bond donors (Lipinski definition) is 0. The van der Waals surface area contributed by atoms with Gasteiger partial charge in [0.05, 0.1) is 0 Å². The van der Waals surface area contributed by atoms with Gasteiger partial charge in [-0.05, 0) is 57.2 Å². The summed E-state index contributed by atoms with van der Waals surface area (Å²) in [6, 6.07) is 2.14. The number of unbranched alkanes of at least 4 members (excludes halogenated alkanes) is 1. The summed E-state index contributed by atoms with van der Waals surface area (Å²) >= 11 is 0. The van der Waals surface area contributed by atoms with E-state index in [4.69, 9.17) is 0 Å². The van der Waals surface area contributed by atoms with Crippen molar-refractivity contribution in [2.45, 2.75) is 53.9 Å². The first kappa shape index (κ1) is 15.7. The molecule has 1 heteroatoms. The van der Waals surface area contributed by atoms with Gasteiger partial charge in [0.2, 0.25) is 0 Å². The SMILES string of the molecule is CC=C(C)/C=C/c1c(CCCC)cc(C)c(C)c1F. The Hall–Kier alpha value is -1.37. The molecule has 0 heterocycles. The van der Waals surface area contributed by atoms with Gasteiger partial charge in [0.15, 0.2) is 0 Å². The third-order valence-electron chi connectivity index (χ3n) is 3.66. The van der Waals surface area contributed by atoms with Gasteiger partial charge in [0.25, 0.3) is 0 Å². The minimum Gasteiger partial charge on any atom is -0.206 e. The summed E-state index contributed by atoms with van der Waals surface area (Å²) in [6.07, 6.45) is 9.12. The van der Waals surface area contributed by atoms with Crippen LogP contribution in [0.25, 0.3) is 6.08 Å². The van der Waals surface area contributed by atoms with Crippen molar-refractivity contribution in [2.75, 3.05) is 0 Å². The van der Waals surface area contributed by atoms with Crippen LogP contribution in [0.15, 0.2) is 23.8 Å². The van der Waals surface area contributed by atoms with E-state index in [0.29, 0.717) is 0 Å². The molecule has 0 radical (unpaired) electrons. The van der Waals surface area contributed by atoms with Crippen LogP contribution < -0.4 is 0 Å². The van der Waals surface area contributed by atoms with E-state index in [1.165, 1.54) is 0 Å². The van der Waals surface area contributed by atoms with Gasteiger partial charge in [-0.2, -0.15) is 0 Å². The Kier molecular flexibility index (Phi) is 6.01. The van der Waals surface area contributed by atoms with Crippen molar-refractivity contribution in [1.29, 1.82) is 0 Å². The predicted octanol–water partition coefficient (Wildman–Crippen LogP) is 5.76. The van der Waals surface area contributed by atoms with Crippen molar-refractivity contribution in [2.24, 2.45) is 0 Å². The maximum absolute atomic E-state index is 14.4. The lowest BCUT2D eigenvalue weighted by atomic mass is 9.95. The Morgan fingerprint density at radius 1 is 1.32 bits per heavy atom. The molecular formula is C18H25F. The Morgan fingerprint density at radius 3 is 2.58 bits per heavy atom. The van der Waals surface area contributed by atoms with Crippen LogP contribution in [0.1, 0.15) is 55.9 Å². The topological polar surface area (TPSA) is 0 Å². The molecule has 0 nitrogen and oxygen atoms in total. The lowest BCUT2D eigenvalue weighted by Crippen LogP contribution is -1.99. The average molecular weight is 260 g/mol. The molecule has 0 aliphatic heterocycles. The third-order valence-corrected chi connectivity index (χ3v) is 3.66. The summed E-state index contributed by atoms with van der Waals surface area (Å²) < 4.78 is 14.4. The molecule has 0 fully saturated rings. The summed E-state index contributed by atoms with van der Waals surface area (Å²) in [6.45, 7) is 10.0. The number of benzene rings is 1. The summed E-state index contributed by atoms with van der Waals surface area (Å²) in [4.78, 5) is 0. The van der Waals surface area contributed by atoms with E-state index >= 15 is 0 Å². The maximum atomic E-state index is 14.4. The molecule has 0 aliphatic carbocycles. The molecule has 1 aromatic carbocycles. The van der Waals surface area contributed by atoms with Crippen molar-refractivity contribution >= 4 is 6.08 Å². The van der Waals surface area contributed by atoms with Gasteiger partial charge in [-0.1, -0.05) is 43.2 Å². The number of aryl methyl sites for hydroxylation is 2. The lowest BCUT2D eigenvalue weighted by molar-refractivity contribution is 0.610. The maximum Gasteiger partial charge on any atom is 0.133 e. The summed E-state index contributed by atoms with van der Waals surface area (Å²) in [5, 5.41) is 0. The summed E-state index contributed by atoms with van der Waals surface area (Å²) in [5.41, 5.74) is 4.85. The minimum atomic E-state index is -0.0637. The van der Waals surface area contributed by atoms with E-state index in [0.717, 1.165) is 47.1 Å². The average Bonchev–Trinajstić information content (AvgIpc) is 2.41. The Labute approximate surface area is 117 Å². The number of allylic oxidation sites excluding steroid dienone is 3. The molecule has 0 amide bonds. The van der Waals surface area contributed by atoms with Crippen molar-refractivity contribution in [3.63, 3.8) is 0 Å². The van der Waals surface area contributed by atoms with Crippen LogP contribution in [-0.4, -0.2) is 0 Å². The first-order chi connectivity index (χ1) is 9.01. The largest absolute Gasteiger partial charge is 0.206 e. The molecule has 1 rings (SSSR count). The van der Waals surface area contributed by atoms with E-state index < -0.39 is 0 Å². The fraction of sp³-hybridized carbons (Fsp3) is 0.444. The Bertz CT molecular complexity index is 493. The van der Waals surface area contributed by atoms with E-state index in [9.17, 15) is 4.39 Å². The van der Waals surface area contributed by atoms with Crippen LogP contribution in [0, 0.1) is 19.7 Å². The number of hydrogen-bond acceptors (Lipinski definition) is 0. The second kappa shape index (κ2) is 7.28. The van der Waals surface area contributed by atoms with Gasteiger partial charge in [0.1, 0.15) is 5.82 Å².